The number of nitrogens with zero attached hydrogens (tertiary/aromatic N) is 3. The van der Waals surface area contributed by atoms with Gasteiger partial charge in [0.25, 0.3) is 0 Å². The molecule has 0 bridgehead atoms. The Morgan fingerprint density at radius 1 is 1.12 bits per heavy atom. The van der Waals surface area contributed by atoms with E-state index in [1.165, 1.54) is 16.3 Å². The topological polar surface area (TPSA) is 51.4 Å². The Labute approximate surface area is 155 Å². The van der Waals surface area contributed by atoms with E-state index in [4.69, 9.17) is 9.26 Å². The van der Waals surface area contributed by atoms with Crippen molar-refractivity contribution in [1.82, 2.24) is 15.0 Å². The molecule has 5 heteroatoms. The van der Waals surface area contributed by atoms with Gasteiger partial charge < -0.3 is 9.26 Å². The lowest BCUT2D eigenvalue weighted by Gasteiger charge is -2.22. The lowest BCUT2D eigenvalue weighted by molar-refractivity contribution is 0.202. The van der Waals surface area contributed by atoms with Crippen LogP contribution in [0.1, 0.15) is 51.0 Å². The molecule has 0 aliphatic carbocycles. The van der Waals surface area contributed by atoms with Crippen molar-refractivity contribution in [2.45, 2.75) is 45.7 Å². The van der Waals surface area contributed by atoms with Crippen molar-refractivity contribution in [1.29, 1.82) is 0 Å². The van der Waals surface area contributed by atoms with Gasteiger partial charge >= 0.3 is 0 Å². The molecule has 0 aliphatic rings. The van der Waals surface area contributed by atoms with E-state index in [1.807, 2.05) is 6.07 Å². The third kappa shape index (κ3) is 3.88. The fraction of sp³-hybridized carbons (Fsp3) is 0.429. The SMILES string of the molecule is COc1ccc2cc(CN(C)[C@@H](C)c3nc(C(C)(C)C)no3)ccc2c1. The summed E-state index contributed by atoms with van der Waals surface area (Å²) in [6.07, 6.45) is 0. The highest BCUT2D eigenvalue weighted by atomic mass is 16.5. The average molecular weight is 353 g/mol. The molecule has 0 saturated carbocycles. The van der Waals surface area contributed by atoms with Crippen LogP contribution in [0, 0.1) is 0 Å². The van der Waals surface area contributed by atoms with Crippen molar-refractivity contribution in [3.05, 3.63) is 53.7 Å². The second kappa shape index (κ2) is 7.08. The fourth-order valence-electron chi connectivity index (χ4n) is 2.82. The first-order valence-electron chi connectivity index (χ1n) is 8.89. The molecule has 2 aromatic carbocycles. The molecule has 138 valence electrons. The number of ether oxygens (including phenoxy) is 1. The molecule has 0 fully saturated rings. The maximum Gasteiger partial charge on any atom is 0.243 e. The second-order valence-electron chi connectivity index (χ2n) is 7.84. The van der Waals surface area contributed by atoms with Crippen molar-refractivity contribution in [3.8, 4) is 5.75 Å². The molecule has 26 heavy (non-hydrogen) atoms. The molecule has 0 amide bonds. The molecule has 3 rings (SSSR count). The summed E-state index contributed by atoms with van der Waals surface area (Å²) >= 11 is 0. The van der Waals surface area contributed by atoms with Crippen LogP contribution in [0.15, 0.2) is 40.9 Å². The van der Waals surface area contributed by atoms with Crippen LogP contribution in [0.4, 0.5) is 0 Å². The molecular weight excluding hydrogens is 326 g/mol. The van der Waals surface area contributed by atoms with Crippen molar-refractivity contribution in [2.75, 3.05) is 14.2 Å². The van der Waals surface area contributed by atoms with Crippen molar-refractivity contribution < 1.29 is 9.26 Å². The summed E-state index contributed by atoms with van der Waals surface area (Å²) < 4.78 is 10.8. The van der Waals surface area contributed by atoms with Crippen LogP contribution in [0.5, 0.6) is 5.75 Å². The van der Waals surface area contributed by atoms with Crippen LogP contribution in [0.25, 0.3) is 10.8 Å². The van der Waals surface area contributed by atoms with Crippen LogP contribution in [-0.2, 0) is 12.0 Å². The third-order valence-corrected chi connectivity index (χ3v) is 4.67. The minimum atomic E-state index is -0.112. The zero-order valence-electron chi connectivity index (χ0n) is 16.4. The molecule has 0 spiro atoms. The standard InChI is InChI=1S/C21H27N3O2/c1-14(19-22-20(23-26-19)21(2,3)4)24(5)13-15-7-8-17-12-18(25-6)10-9-16(17)11-15/h7-12,14H,13H2,1-6H3/t14-/m0/s1. The van der Waals surface area contributed by atoms with Gasteiger partial charge in [0.05, 0.1) is 13.2 Å². The Bertz CT molecular complexity index is 896. The first-order valence-corrected chi connectivity index (χ1v) is 8.89. The summed E-state index contributed by atoms with van der Waals surface area (Å²) in [7, 11) is 3.76. The molecule has 0 saturated heterocycles. The highest BCUT2D eigenvalue weighted by Crippen LogP contribution is 2.26. The van der Waals surface area contributed by atoms with E-state index in [1.54, 1.807) is 7.11 Å². The van der Waals surface area contributed by atoms with Gasteiger partial charge in [-0.15, -0.1) is 0 Å². The Kier molecular flexibility index (Phi) is 5.01. The van der Waals surface area contributed by atoms with Crippen molar-refractivity contribution >= 4 is 10.8 Å². The highest BCUT2D eigenvalue weighted by molar-refractivity contribution is 5.84. The maximum atomic E-state index is 5.49. The van der Waals surface area contributed by atoms with Crippen LogP contribution in [-0.4, -0.2) is 29.2 Å². The summed E-state index contributed by atoms with van der Waals surface area (Å²) in [5.41, 5.74) is 1.13. The molecule has 1 heterocycles. The van der Waals surface area contributed by atoms with Crippen LogP contribution >= 0.6 is 0 Å². The molecule has 0 radical (unpaired) electrons. The Hall–Kier alpha value is -2.40. The zero-order chi connectivity index (χ0) is 18.9. The quantitative estimate of drug-likeness (QED) is 0.664. The minimum absolute atomic E-state index is 0.0464. The lowest BCUT2D eigenvalue weighted by atomic mass is 9.96. The molecule has 0 N–H and O–H groups in total. The van der Waals surface area contributed by atoms with E-state index in [0.29, 0.717) is 5.89 Å². The monoisotopic (exact) mass is 353 g/mol. The van der Waals surface area contributed by atoms with E-state index in [9.17, 15) is 0 Å². The minimum Gasteiger partial charge on any atom is -0.497 e. The van der Waals surface area contributed by atoms with Gasteiger partial charge in [-0.1, -0.05) is 44.1 Å². The Morgan fingerprint density at radius 3 is 2.46 bits per heavy atom. The van der Waals surface area contributed by atoms with E-state index in [-0.39, 0.29) is 11.5 Å². The molecule has 5 nitrogen and oxygen atoms in total. The van der Waals surface area contributed by atoms with Gasteiger partial charge in [0, 0.05) is 12.0 Å². The summed E-state index contributed by atoms with van der Waals surface area (Å²) in [4.78, 5) is 6.79. The third-order valence-electron chi connectivity index (χ3n) is 4.67. The van der Waals surface area contributed by atoms with Crippen molar-refractivity contribution in [3.63, 3.8) is 0 Å². The highest BCUT2D eigenvalue weighted by Gasteiger charge is 2.24. The van der Waals surface area contributed by atoms with E-state index < -0.39 is 0 Å². The number of methoxy groups -OCH3 is 1. The smallest absolute Gasteiger partial charge is 0.243 e. The first kappa shape index (κ1) is 18.4. The predicted molar refractivity (Wildman–Crippen MR) is 103 cm³/mol. The largest absolute Gasteiger partial charge is 0.497 e. The number of hydrogen-bond donors (Lipinski definition) is 0. The summed E-state index contributed by atoms with van der Waals surface area (Å²) in [6, 6.07) is 12.7. The second-order valence-corrected chi connectivity index (χ2v) is 7.84. The Balaban J connectivity index is 1.75. The Morgan fingerprint density at radius 2 is 1.81 bits per heavy atom. The zero-order valence-corrected chi connectivity index (χ0v) is 16.4. The summed E-state index contributed by atoms with van der Waals surface area (Å²) in [5.74, 6) is 2.28. The molecule has 1 aromatic heterocycles. The molecule has 3 aromatic rings. The van der Waals surface area contributed by atoms with Crippen LogP contribution in [0.3, 0.4) is 0 Å². The number of rotatable bonds is 5. The average Bonchev–Trinajstić information content (AvgIpc) is 3.11. The van der Waals surface area contributed by atoms with Gasteiger partial charge in [0.1, 0.15) is 5.75 Å². The maximum absolute atomic E-state index is 5.49. The van der Waals surface area contributed by atoms with E-state index >= 15 is 0 Å². The van der Waals surface area contributed by atoms with Gasteiger partial charge in [-0.2, -0.15) is 4.98 Å². The van der Waals surface area contributed by atoms with E-state index in [0.717, 1.165) is 18.1 Å². The van der Waals surface area contributed by atoms with Gasteiger partial charge in [0.2, 0.25) is 5.89 Å². The summed E-state index contributed by atoms with van der Waals surface area (Å²) in [6.45, 7) is 9.14. The number of benzene rings is 2. The number of fused-ring (bicyclic) bond motifs is 1. The molecule has 1 atom stereocenters. The van der Waals surface area contributed by atoms with Crippen LogP contribution in [0.2, 0.25) is 0 Å². The number of hydrogen-bond acceptors (Lipinski definition) is 5. The van der Waals surface area contributed by atoms with Gasteiger partial charge in [-0.05, 0) is 48.5 Å². The van der Waals surface area contributed by atoms with Gasteiger partial charge in [-0.3, -0.25) is 4.90 Å². The van der Waals surface area contributed by atoms with Gasteiger partial charge in [-0.25, -0.2) is 0 Å². The first-order chi connectivity index (χ1) is 12.3. The fourth-order valence-corrected chi connectivity index (χ4v) is 2.82. The lowest BCUT2D eigenvalue weighted by Crippen LogP contribution is -2.22. The summed E-state index contributed by atoms with van der Waals surface area (Å²) in [5, 5.41) is 6.51. The molecule has 0 unspecified atom stereocenters. The molecule has 0 aliphatic heterocycles. The molecular formula is C21H27N3O2. The normalized spacial score (nSPS) is 13.3. The number of aromatic nitrogens is 2. The van der Waals surface area contributed by atoms with E-state index in [2.05, 4.69) is 80.1 Å². The van der Waals surface area contributed by atoms with Crippen LogP contribution < -0.4 is 4.74 Å². The predicted octanol–water partition coefficient (Wildman–Crippen LogP) is 4.72. The van der Waals surface area contributed by atoms with Gasteiger partial charge in [0.15, 0.2) is 5.82 Å². The van der Waals surface area contributed by atoms with Crippen molar-refractivity contribution in [2.24, 2.45) is 0 Å².